The van der Waals surface area contributed by atoms with Crippen LogP contribution in [-0.4, -0.2) is 13.1 Å². The summed E-state index contributed by atoms with van der Waals surface area (Å²) in [6.45, 7) is 3.74. The number of nitrogens with one attached hydrogen (secondary N) is 1. The SMILES string of the molecule is C=CCC(Cc1ccsc1)NC. The van der Waals surface area contributed by atoms with Crippen LogP contribution < -0.4 is 5.32 Å². The molecule has 2 heteroatoms. The van der Waals surface area contributed by atoms with E-state index in [9.17, 15) is 0 Å². The minimum Gasteiger partial charge on any atom is -0.316 e. The van der Waals surface area contributed by atoms with Crippen molar-refractivity contribution in [1.82, 2.24) is 5.32 Å². The molecule has 1 rings (SSSR count). The van der Waals surface area contributed by atoms with Gasteiger partial charge in [0.25, 0.3) is 0 Å². The quantitative estimate of drug-likeness (QED) is 0.688. The van der Waals surface area contributed by atoms with Gasteiger partial charge < -0.3 is 5.32 Å². The largest absolute Gasteiger partial charge is 0.316 e. The van der Waals surface area contributed by atoms with E-state index in [4.69, 9.17) is 0 Å². The Kier molecular flexibility index (Phi) is 4.05. The first-order valence-electron chi connectivity index (χ1n) is 4.16. The summed E-state index contributed by atoms with van der Waals surface area (Å²) in [5.41, 5.74) is 1.42. The summed E-state index contributed by atoms with van der Waals surface area (Å²) in [6.07, 6.45) is 4.10. The van der Waals surface area contributed by atoms with Crippen molar-refractivity contribution in [3.8, 4) is 0 Å². The van der Waals surface area contributed by atoms with Crippen LogP contribution in [-0.2, 0) is 6.42 Å². The maximum absolute atomic E-state index is 3.74. The van der Waals surface area contributed by atoms with Crippen LogP contribution in [0.1, 0.15) is 12.0 Å². The van der Waals surface area contributed by atoms with Crippen molar-refractivity contribution in [2.24, 2.45) is 0 Å². The third kappa shape index (κ3) is 2.80. The average molecular weight is 181 g/mol. The Morgan fingerprint density at radius 2 is 2.58 bits per heavy atom. The summed E-state index contributed by atoms with van der Waals surface area (Å²) in [5, 5.41) is 7.60. The van der Waals surface area contributed by atoms with Gasteiger partial charge in [-0.1, -0.05) is 6.08 Å². The molecule has 1 aromatic rings. The van der Waals surface area contributed by atoms with E-state index in [1.54, 1.807) is 11.3 Å². The predicted octanol–water partition coefficient (Wildman–Crippen LogP) is 2.45. The highest BCUT2D eigenvalue weighted by molar-refractivity contribution is 7.07. The Balaban J connectivity index is 2.42. The smallest absolute Gasteiger partial charge is 0.0139 e. The molecule has 66 valence electrons. The van der Waals surface area contributed by atoms with Crippen LogP contribution in [0.15, 0.2) is 29.5 Å². The van der Waals surface area contributed by atoms with Gasteiger partial charge in [0.2, 0.25) is 0 Å². The van der Waals surface area contributed by atoms with Gasteiger partial charge in [-0.05, 0) is 42.3 Å². The fourth-order valence-corrected chi connectivity index (χ4v) is 1.88. The van der Waals surface area contributed by atoms with E-state index in [2.05, 4.69) is 28.7 Å². The van der Waals surface area contributed by atoms with Crippen LogP contribution in [0, 0.1) is 0 Å². The summed E-state index contributed by atoms with van der Waals surface area (Å²) < 4.78 is 0. The normalized spacial score (nSPS) is 12.8. The summed E-state index contributed by atoms with van der Waals surface area (Å²) >= 11 is 1.76. The van der Waals surface area contributed by atoms with Crippen LogP contribution >= 0.6 is 11.3 Å². The monoisotopic (exact) mass is 181 g/mol. The fourth-order valence-electron chi connectivity index (χ4n) is 1.20. The zero-order valence-electron chi connectivity index (χ0n) is 7.42. The van der Waals surface area contributed by atoms with E-state index >= 15 is 0 Å². The van der Waals surface area contributed by atoms with Crippen molar-refractivity contribution < 1.29 is 0 Å². The van der Waals surface area contributed by atoms with E-state index in [1.807, 2.05) is 13.1 Å². The van der Waals surface area contributed by atoms with Gasteiger partial charge in [0.15, 0.2) is 0 Å². The van der Waals surface area contributed by atoms with E-state index in [0.717, 1.165) is 12.8 Å². The molecule has 1 atom stereocenters. The minimum absolute atomic E-state index is 0.539. The zero-order valence-corrected chi connectivity index (χ0v) is 8.23. The van der Waals surface area contributed by atoms with Gasteiger partial charge in [-0.3, -0.25) is 0 Å². The molecule has 1 N–H and O–H groups in total. The molecule has 1 aromatic heterocycles. The van der Waals surface area contributed by atoms with Crippen LogP contribution in [0.5, 0.6) is 0 Å². The predicted molar refractivity (Wildman–Crippen MR) is 55.7 cm³/mol. The number of likely N-dealkylation sites (N-methyl/N-ethyl adjacent to an activating group) is 1. The van der Waals surface area contributed by atoms with E-state index in [-0.39, 0.29) is 0 Å². The summed E-state index contributed by atoms with van der Waals surface area (Å²) in [7, 11) is 2.00. The van der Waals surface area contributed by atoms with Crippen molar-refractivity contribution in [1.29, 1.82) is 0 Å². The molecular weight excluding hydrogens is 166 g/mol. The zero-order chi connectivity index (χ0) is 8.81. The lowest BCUT2D eigenvalue weighted by atomic mass is 10.1. The molecule has 0 saturated heterocycles. The summed E-state index contributed by atoms with van der Waals surface area (Å²) in [5.74, 6) is 0. The molecule has 0 aliphatic rings. The Hall–Kier alpha value is -0.600. The molecule has 0 fully saturated rings. The molecule has 0 amide bonds. The van der Waals surface area contributed by atoms with E-state index in [1.165, 1.54) is 5.56 Å². The van der Waals surface area contributed by atoms with Crippen LogP contribution in [0.2, 0.25) is 0 Å². The van der Waals surface area contributed by atoms with Crippen molar-refractivity contribution in [2.45, 2.75) is 18.9 Å². The number of hydrogen-bond acceptors (Lipinski definition) is 2. The molecule has 0 bridgehead atoms. The second-order valence-corrected chi connectivity index (χ2v) is 3.63. The Morgan fingerprint density at radius 1 is 1.75 bits per heavy atom. The Bertz CT molecular complexity index is 216. The maximum Gasteiger partial charge on any atom is 0.0139 e. The highest BCUT2D eigenvalue weighted by atomic mass is 32.1. The first-order chi connectivity index (χ1) is 5.86. The second kappa shape index (κ2) is 5.12. The molecule has 0 radical (unpaired) electrons. The molecule has 12 heavy (non-hydrogen) atoms. The Labute approximate surface area is 78.1 Å². The molecule has 1 unspecified atom stereocenters. The van der Waals surface area contributed by atoms with Crippen molar-refractivity contribution >= 4 is 11.3 Å². The van der Waals surface area contributed by atoms with Gasteiger partial charge >= 0.3 is 0 Å². The highest BCUT2D eigenvalue weighted by Gasteiger charge is 2.04. The molecule has 1 nitrogen and oxygen atoms in total. The van der Waals surface area contributed by atoms with Crippen LogP contribution in [0.4, 0.5) is 0 Å². The van der Waals surface area contributed by atoms with Gasteiger partial charge in [-0.15, -0.1) is 6.58 Å². The molecular formula is C10H15NS. The summed E-state index contributed by atoms with van der Waals surface area (Å²) in [6, 6.07) is 2.72. The lowest BCUT2D eigenvalue weighted by Gasteiger charge is -2.12. The first kappa shape index (κ1) is 9.49. The Morgan fingerprint density at radius 3 is 3.08 bits per heavy atom. The topological polar surface area (TPSA) is 12.0 Å². The standard InChI is InChI=1S/C10H15NS/c1-3-4-10(11-2)7-9-5-6-12-8-9/h3,5-6,8,10-11H,1,4,7H2,2H3. The number of rotatable bonds is 5. The van der Waals surface area contributed by atoms with Crippen molar-refractivity contribution in [3.05, 3.63) is 35.0 Å². The molecule has 0 aliphatic heterocycles. The second-order valence-electron chi connectivity index (χ2n) is 2.85. The lowest BCUT2D eigenvalue weighted by molar-refractivity contribution is 0.567. The molecule has 1 heterocycles. The van der Waals surface area contributed by atoms with Gasteiger partial charge in [-0.2, -0.15) is 11.3 Å². The van der Waals surface area contributed by atoms with E-state index in [0.29, 0.717) is 6.04 Å². The average Bonchev–Trinajstić information content (AvgIpc) is 2.56. The minimum atomic E-state index is 0.539. The van der Waals surface area contributed by atoms with Gasteiger partial charge in [-0.25, -0.2) is 0 Å². The van der Waals surface area contributed by atoms with Crippen molar-refractivity contribution in [2.75, 3.05) is 7.05 Å². The molecule has 0 aliphatic carbocycles. The molecule has 0 aromatic carbocycles. The van der Waals surface area contributed by atoms with Gasteiger partial charge in [0.05, 0.1) is 0 Å². The van der Waals surface area contributed by atoms with Gasteiger partial charge in [0.1, 0.15) is 0 Å². The van der Waals surface area contributed by atoms with Crippen molar-refractivity contribution in [3.63, 3.8) is 0 Å². The highest BCUT2D eigenvalue weighted by Crippen LogP contribution is 2.10. The molecule has 0 spiro atoms. The molecule has 0 saturated carbocycles. The first-order valence-corrected chi connectivity index (χ1v) is 5.10. The van der Waals surface area contributed by atoms with Gasteiger partial charge in [0, 0.05) is 6.04 Å². The van der Waals surface area contributed by atoms with E-state index < -0.39 is 0 Å². The maximum atomic E-state index is 3.74. The lowest BCUT2D eigenvalue weighted by Crippen LogP contribution is -2.26. The third-order valence-electron chi connectivity index (χ3n) is 1.92. The third-order valence-corrected chi connectivity index (χ3v) is 2.65. The van der Waals surface area contributed by atoms with Crippen LogP contribution in [0.3, 0.4) is 0 Å². The fraction of sp³-hybridized carbons (Fsp3) is 0.400. The van der Waals surface area contributed by atoms with Crippen LogP contribution in [0.25, 0.3) is 0 Å². The summed E-state index contributed by atoms with van der Waals surface area (Å²) in [4.78, 5) is 0. The number of thiophene rings is 1. The number of hydrogen-bond donors (Lipinski definition) is 1.